The zero-order valence-corrected chi connectivity index (χ0v) is 37.8. The number of benzene rings is 8. The summed E-state index contributed by atoms with van der Waals surface area (Å²) < 4.78 is 5.21. The zero-order chi connectivity index (χ0) is 43.2. The van der Waals surface area contributed by atoms with Crippen LogP contribution >= 0.6 is 11.3 Å². The van der Waals surface area contributed by atoms with Crippen molar-refractivity contribution in [3.05, 3.63) is 187 Å². The van der Waals surface area contributed by atoms with Crippen LogP contribution in [0.3, 0.4) is 0 Å². The topological polar surface area (TPSA) is 14.7 Å². The molecule has 8 aromatic carbocycles. The summed E-state index contributed by atoms with van der Waals surface area (Å²) in [5.74, 6) is 0. The third-order valence-electron chi connectivity index (χ3n) is 14.0. The minimum atomic E-state index is 0.0360. The van der Waals surface area contributed by atoms with Gasteiger partial charge in [-0.2, -0.15) is 0 Å². The average molecular weight is 843 g/mol. The molecular weight excluding hydrogens is 796 g/mol. The Morgan fingerprint density at radius 1 is 0.453 bits per heavy atom. The van der Waals surface area contributed by atoms with E-state index in [-0.39, 0.29) is 17.5 Å². The van der Waals surface area contributed by atoms with Crippen LogP contribution in [0.1, 0.15) is 52.7 Å². The van der Waals surface area contributed by atoms with E-state index < -0.39 is 0 Å². The molecule has 308 valence electrons. The van der Waals surface area contributed by atoms with Gasteiger partial charge in [0.1, 0.15) is 0 Å². The van der Waals surface area contributed by atoms with Crippen LogP contribution < -0.4 is 31.2 Å². The lowest BCUT2D eigenvalue weighted by atomic mass is 9.36. The van der Waals surface area contributed by atoms with Gasteiger partial charge in [-0.3, -0.25) is 0 Å². The summed E-state index contributed by atoms with van der Waals surface area (Å²) in [7, 11) is 0. The van der Waals surface area contributed by atoms with Gasteiger partial charge in [-0.25, -0.2) is 0 Å². The molecule has 0 spiro atoms. The lowest BCUT2D eigenvalue weighted by Gasteiger charge is -2.42. The van der Waals surface area contributed by atoms with E-state index in [4.69, 9.17) is 0 Å². The first-order chi connectivity index (χ1) is 31.0. The molecule has 0 radical (unpaired) electrons. The smallest absolute Gasteiger partial charge is 0.275 e. The third-order valence-corrected chi connectivity index (χ3v) is 15.2. The maximum absolute atomic E-state index is 2.61. The number of anilines is 9. The minimum Gasteiger partial charge on any atom is -0.320 e. The molecule has 0 aliphatic carbocycles. The molecule has 2 aromatic heterocycles. The van der Waals surface area contributed by atoms with Crippen LogP contribution in [0.4, 0.5) is 51.2 Å². The second-order valence-corrected chi connectivity index (χ2v) is 20.9. The Morgan fingerprint density at radius 2 is 1.00 bits per heavy atom. The van der Waals surface area contributed by atoms with E-state index in [1.54, 1.807) is 0 Å². The highest BCUT2D eigenvalue weighted by atomic mass is 32.1. The number of para-hydroxylation sites is 2. The number of nitrogens with zero attached hydrogens (tertiary/aromatic N) is 4. The monoisotopic (exact) mass is 842 g/mol. The van der Waals surface area contributed by atoms with Gasteiger partial charge in [0.05, 0.1) is 27.3 Å². The number of aromatic nitrogens is 1. The van der Waals surface area contributed by atoms with Crippen molar-refractivity contribution >= 4 is 117 Å². The zero-order valence-electron chi connectivity index (χ0n) is 37.0. The van der Waals surface area contributed by atoms with E-state index >= 15 is 0 Å². The number of rotatable bonds is 5. The predicted molar refractivity (Wildman–Crippen MR) is 276 cm³/mol. The summed E-state index contributed by atoms with van der Waals surface area (Å²) in [4.78, 5) is 7.64. The van der Waals surface area contributed by atoms with E-state index in [1.165, 1.54) is 92.8 Å². The summed E-state index contributed by atoms with van der Waals surface area (Å²) in [5.41, 5.74) is 19.9. The SMILES string of the molecule is CC(C)(C)c1ccc(N(c2ccc(C(C)(C)C)cc2)c2cc3c4c(c2)-n2c5c(c6ccccc62)N(c2ccccc2)c2cccc(c2B45)N3c2cccc3c2sc2ccccc23)cc1. The largest absolute Gasteiger partial charge is 0.320 e. The molecule has 0 saturated carbocycles. The third kappa shape index (κ3) is 5.23. The first-order valence-electron chi connectivity index (χ1n) is 22.6. The Hall–Kier alpha value is -7.02. The molecule has 0 atom stereocenters. The quantitative estimate of drug-likeness (QED) is 0.160. The van der Waals surface area contributed by atoms with Crippen molar-refractivity contribution < 1.29 is 0 Å². The lowest BCUT2D eigenvalue weighted by molar-refractivity contribution is 0.590. The predicted octanol–water partition coefficient (Wildman–Crippen LogP) is 14.5. The van der Waals surface area contributed by atoms with Crippen LogP contribution in [0.5, 0.6) is 0 Å². The van der Waals surface area contributed by atoms with Crippen molar-refractivity contribution in [3.63, 3.8) is 0 Å². The summed E-state index contributed by atoms with van der Waals surface area (Å²) >= 11 is 1.90. The maximum Gasteiger partial charge on any atom is 0.275 e. The minimum absolute atomic E-state index is 0.0360. The molecule has 4 nitrogen and oxygen atoms in total. The van der Waals surface area contributed by atoms with Crippen LogP contribution in [0.2, 0.25) is 0 Å². The fourth-order valence-corrected chi connectivity index (χ4v) is 12.2. The van der Waals surface area contributed by atoms with Crippen LogP contribution in [-0.4, -0.2) is 11.3 Å². The van der Waals surface area contributed by atoms with E-state index in [0.29, 0.717) is 0 Å². The fourth-order valence-electron chi connectivity index (χ4n) is 11.0. The standard InChI is InChI=1S/C58H47BN4S/c1-57(2,3)36-26-30-39(31-27-36)60(40-32-28-37(29-33-40)58(4,5)6)41-34-49-53-50(35-41)63-45-21-12-10-19-44(45)54-56(63)59(53)52-46(61(54)38-16-8-7-9-17-38)22-15-23-47(52)62(49)48-24-14-20-43-42-18-11-13-25-51(42)64-55(43)48/h7-35H,1-6H3. The Kier molecular flexibility index (Phi) is 7.78. The molecule has 13 rings (SSSR count). The summed E-state index contributed by atoms with van der Waals surface area (Å²) in [6, 6.07) is 66.3. The van der Waals surface area contributed by atoms with E-state index in [2.05, 4.69) is 237 Å². The van der Waals surface area contributed by atoms with Gasteiger partial charge < -0.3 is 19.3 Å². The van der Waals surface area contributed by atoms with Crippen molar-refractivity contribution in [2.24, 2.45) is 0 Å². The molecule has 10 aromatic rings. The van der Waals surface area contributed by atoms with E-state index in [0.717, 1.165) is 22.7 Å². The van der Waals surface area contributed by atoms with Crippen LogP contribution in [0.15, 0.2) is 176 Å². The second-order valence-electron chi connectivity index (χ2n) is 19.8. The molecule has 0 fully saturated rings. The fraction of sp³-hybridized carbons (Fsp3) is 0.138. The molecule has 0 unspecified atom stereocenters. The number of hydrogen-bond acceptors (Lipinski definition) is 4. The molecule has 3 aliphatic rings. The summed E-state index contributed by atoms with van der Waals surface area (Å²) in [5, 5.41) is 3.86. The molecule has 5 heterocycles. The van der Waals surface area contributed by atoms with Crippen molar-refractivity contribution in [2.75, 3.05) is 14.7 Å². The highest BCUT2D eigenvalue weighted by Gasteiger charge is 2.51. The number of hydrogen-bond donors (Lipinski definition) is 0. The Bertz CT molecular complexity index is 3480. The van der Waals surface area contributed by atoms with E-state index in [1.807, 2.05) is 11.3 Å². The Labute approximate surface area is 379 Å². The summed E-state index contributed by atoms with van der Waals surface area (Å²) in [6.45, 7) is 13.8. The highest BCUT2D eigenvalue weighted by Crippen LogP contribution is 2.53. The van der Waals surface area contributed by atoms with Gasteiger partial charge in [0.25, 0.3) is 6.71 Å². The first kappa shape index (κ1) is 37.5. The normalized spacial score (nSPS) is 13.7. The van der Waals surface area contributed by atoms with Crippen LogP contribution in [0.25, 0.3) is 36.8 Å². The molecule has 0 bridgehead atoms. The number of fused-ring (bicyclic) bond motifs is 7. The highest BCUT2D eigenvalue weighted by molar-refractivity contribution is 7.26. The van der Waals surface area contributed by atoms with Gasteiger partial charge in [0.15, 0.2) is 0 Å². The molecule has 6 heteroatoms. The van der Waals surface area contributed by atoms with Gasteiger partial charge in [-0.05, 0) is 112 Å². The Morgan fingerprint density at radius 3 is 1.69 bits per heavy atom. The van der Waals surface area contributed by atoms with Gasteiger partial charge in [-0.1, -0.05) is 139 Å². The van der Waals surface area contributed by atoms with Gasteiger partial charge in [-0.15, -0.1) is 11.3 Å². The van der Waals surface area contributed by atoms with Crippen molar-refractivity contribution in [2.45, 2.75) is 52.4 Å². The molecule has 3 aliphatic heterocycles. The van der Waals surface area contributed by atoms with Gasteiger partial charge in [0.2, 0.25) is 0 Å². The number of thiophene rings is 1. The maximum atomic E-state index is 2.61. The van der Waals surface area contributed by atoms with Crippen molar-refractivity contribution in [3.8, 4) is 5.69 Å². The summed E-state index contributed by atoms with van der Waals surface area (Å²) in [6.07, 6.45) is 0. The molecule has 0 saturated heterocycles. The second kappa shape index (κ2) is 13.3. The van der Waals surface area contributed by atoms with Crippen LogP contribution in [0, 0.1) is 0 Å². The van der Waals surface area contributed by atoms with Gasteiger partial charge >= 0.3 is 0 Å². The first-order valence-corrected chi connectivity index (χ1v) is 23.4. The van der Waals surface area contributed by atoms with Gasteiger partial charge in [0, 0.05) is 66.3 Å². The molecule has 0 N–H and O–H groups in total. The molecular formula is C58H47BN4S. The lowest BCUT2D eigenvalue weighted by Crippen LogP contribution is -2.59. The Balaban J connectivity index is 1.15. The van der Waals surface area contributed by atoms with Crippen molar-refractivity contribution in [1.82, 2.24) is 4.57 Å². The van der Waals surface area contributed by atoms with Crippen LogP contribution in [-0.2, 0) is 10.8 Å². The molecule has 0 amide bonds. The van der Waals surface area contributed by atoms with E-state index in [9.17, 15) is 0 Å². The van der Waals surface area contributed by atoms with Crippen molar-refractivity contribution in [1.29, 1.82) is 0 Å². The average Bonchev–Trinajstić information content (AvgIpc) is 3.97. The molecule has 64 heavy (non-hydrogen) atoms.